The van der Waals surface area contributed by atoms with Crippen LogP contribution in [0.3, 0.4) is 0 Å². The van der Waals surface area contributed by atoms with Crippen LogP contribution in [-0.4, -0.2) is 78.9 Å². The first-order valence-electron chi connectivity index (χ1n) is 12.9. The van der Waals surface area contributed by atoms with Crippen molar-refractivity contribution in [1.82, 2.24) is 19.4 Å². The highest BCUT2D eigenvalue weighted by molar-refractivity contribution is 6.02. The van der Waals surface area contributed by atoms with Gasteiger partial charge in [0.2, 0.25) is 11.9 Å². The standard InChI is InChI=1S/C29H33N7O3/c1-4-28(37)31-22-19-23(26(39-3)20-25(22)35-15-13-34(14-16-35)17-18-38-2)32-29-30-11-9-27(33-29)36-12-10-21-7-5-6-8-24(21)36/h4-12,19-20H,1,13-18H2,2-3H3,(H,31,37)(H,30,32,33). The maximum Gasteiger partial charge on any atom is 0.247 e. The van der Waals surface area contributed by atoms with Crippen LogP contribution in [0.5, 0.6) is 5.75 Å². The summed E-state index contributed by atoms with van der Waals surface area (Å²) in [4.78, 5) is 26.1. The number of nitrogens with one attached hydrogen (secondary N) is 2. The average Bonchev–Trinajstić information content (AvgIpc) is 3.41. The van der Waals surface area contributed by atoms with E-state index in [9.17, 15) is 4.79 Å². The van der Waals surface area contributed by atoms with Gasteiger partial charge in [0.1, 0.15) is 11.6 Å². The summed E-state index contributed by atoms with van der Waals surface area (Å²) in [6.45, 7) is 8.63. The number of aromatic nitrogens is 3. The lowest BCUT2D eigenvalue weighted by atomic mass is 10.1. The van der Waals surface area contributed by atoms with E-state index < -0.39 is 0 Å². The van der Waals surface area contributed by atoms with Crippen LogP contribution in [0.1, 0.15) is 0 Å². The molecule has 1 aliphatic heterocycles. The molecule has 1 saturated heterocycles. The molecule has 1 amide bonds. The molecule has 0 bridgehead atoms. The Morgan fingerprint density at radius 3 is 2.67 bits per heavy atom. The number of methoxy groups -OCH3 is 2. The average molecular weight is 528 g/mol. The number of piperazine rings is 1. The van der Waals surface area contributed by atoms with Gasteiger partial charge in [0.25, 0.3) is 0 Å². The molecule has 3 heterocycles. The minimum atomic E-state index is -0.288. The van der Waals surface area contributed by atoms with E-state index in [0.29, 0.717) is 29.7 Å². The van der Waals surface area contributed by atoms with Gasteiger partial charge in [-0.2, -0.15) is 4.98 Å². The maximum atomic E-state index is 12.3. The Balaban J connectivity index is 1.44. The van der Waals surface area contributed by atoms with Gasteiger partial charge in [-0.15, -0.1) is 0 Å². The first-order chi connectivity index (χ1) is 19.1. The minimum absolute atomic E-state index is 0.288. The number of anilines is 4. The summed E-state index contributed by atoms with van der Waals surface area (Å²) in [7, 11) is 3.34. The number of nitrogens with zero attached hydrogens (tertiary/aromatic N) is 5. The van der Waals surface area contributed by atoms with E-state index in [2.05, 4.69) is 50.2 Å². The number of para-hydroxylation sites is 1. The zero-order chi connectivity index (χ0) is 27.2. The van der Waals surface area contributed by atoms with E-state index >= 15 is 0 Å². The van der Waals surface area contributed by atoms with Gasteiger partial charge in [-0.25, -0.2) is 4.98 Å². The molecule has 10 nitrogen and oxygen atoms in total. The molecule has 4 aromatic rings. The number of rotatable bonds is 10. The molecule has 0 aliphatic carbocycles. The smallest absolute Gasteiger partial charge is 0.247 e. The lowest BCUT2D eigenvalue weighted by molar-refractivity contribution is -0.111. The number of hydrogen-bond acceptors (Lipinski definition) is 8. The maximum absolute atomic E-state index is 12.3. The Morgan fingerprint density at radius 1 is 1.08 bits per heavy atom. The van der Waals surface area contributed by atoms with Crippen LogP contribution in [0.2, 0.25) is 0 Å². The van der Waals surface area contributed by atoms with Gasteiger partial charge >= 0.3 is 0 Å². The quantitative estimate of drug-likeness (QED) is 0.298. The lowest BCUT2D eigenvalue weighted by Gasteiger charge is -2.37. The van der Waals surface area contributed by atoms with Crippen molar-refractivity contribution in [3.05, 3.63) is 73.6 Å². The number of carbonyl (C=O) groups excluding carboxylic acids is 1. The van der Waals surface area contributed by atoms with E-state index in [-0.39, 0.29) is 5.91 Å². The molecule has 0 radical (unpaired) electrons. The van der Waals surface area contributed by atoms with Crippen LogP contribution in [0.4, 0.5) is 23.0 Å². The number of amides is 1. The van der Waals surface area contributed by atoms with Crippen molar-refractivity contribution in [1.29, 1.82) is 0 Å². The largest absolute Gasteiger partial charge is 0.494 e. The van der Waals surface area contributed by atoms with Crippen molar-refractivity contribution in [2.45, 2.75) is 0 Å². The molecule has 2 N–H and O–H groups in total. The topological polar surface area (TPSA) is 96.8 Å². The number of benzene rings is 2. The van der Waals surface area contributed by atoms with Crippen LogP contribution in [-0.2, 0) is 9.53 Å². The predicted molar refractivity (Wildman–Crippen MR) is 154 cm³/mol. The van der Waals surface area contributed by atoms with Crippen LogP contribution in [0.25, 0.3) is 16.7 Å². The third-order valence-electron chi connectivity index (χ3n) is 6.82. The Kier molecular flexibility index (Phi) is 8.04. The third kappa shape index (κ3) is 5.87. The van der Waals surface area contributed by atoms with Gasteiger partial charge in [-0.05, 0) is 35.7 Å². The summed E-state index contributed by atoms with van der Waals surface area (Å²) in [5.41, 5.74) is 3.23. The SMILES string of the molecule is C=CC(=O)Nc1cc(Nc2nccc(-n3ccc4ccccc43)n2)c(OC)cc1N1CCN(CCOC)CC1. The Hall–Kier alpha value is -4.41. The molecule has 202 valence electrons. The molecule has 0 spiro atoms. The van der Waals surface area contributed by atoms with Gasteiger partial charge in [0.15, 0.2) is 0 Å². The summed E-state index contributed by atoms with van der Waals surface area (Å²) in [5.74, 6) is 1.47. The van der Waals surface area contributed by atoms with Crippen LogP contribution >= 0.6 is 0 Å². The summed E-state index contributed by atoms with van der Waals surface area (Å²) in [6, 6.07) is 15.8. The Bertz CT molecular complexity index is 1460. The first kappa shape index (κ1) is 26.2. The van der Waals surface area contributed by atoms with E-state index in [4.69, 9.17) is 14.5 Å². The van der Waals surface area contributed by atoms with E-state index in [1.54, 1.807) is 20.4 Å². The van der Waals surface area contributed by atoms with Crippen LogP contribution in [0, 0.1) is 0 Å². The third-order valence-corrected chi connectivity index (χ3v) is 6.82. The fourth-order valence-corrected chi connectivity index (χ4v) is 4.76. The predicted octanol–water partition coefficient (Wildman–Crippen LogP) is 4.07. The molecule has 2 aromatic heterocycles. The molecule has 39 heavy (non-hydrogen) atoms. The molecular formula is C29H33N7O3. The molecule has 2 aromatic carbocycles. The summed E-state index contributed by atoms with van der Waals surface area (Å²) < 4.78 is 13.0. The van der Waals surface area contributed by atoms with Crippen molar-refractivity contribution >= 4 is 39.8 Å². The minimum Gasteiger partial charge on any atom is -0.494 e. The van der Waals surface area contributed by atoms with Gasteiger partial charge < -0.3 is 29.6 Å². The van der Waals surface area contributed by atoms with Crippen molar-refractivity contribution in [3.63, 3.8) is 0 Å². The molecule has 1 aliphatic rings. The van der Waals surface area contributed by atoms with Crippen LogP contribution in [0.15, 0.2) is 73.6 Å². The molecule has 1 fully saturated rings. The number of ether oxygens (including phenoxy) is 2. The molecule has 0 saturated carbocycles. The zero-order valence-corrected chi connectivity index (χ0v) is 22.3. The highest BCUT2D eigenvalue weighted by Crippen LogP contribution is 2.38. The summed E-state index contributed by atoms with van der Waals surface area (Å²) in [5, 5.41) is 7.38. The zero-order valence-electron chi connectivity index (χ0n) is 22.3. The molecule has 0 atom stereocenters. The highest BCUT2D eigenvalue weighted by atomic mass is 16.5. The lowest BCUT2D eigenvalue weighted by Crippen LogP contribution is -2.47. The van der Waals surface area contributed by atoms with Gasteiger partial charge in [-0.1, -0.05) is 24.8 Å². The molecular weight excluding hydrogens is 494 g/mol. The van der Waals surface area contributed by atoms with Gasteiger partial charge in [-0.3, -0.25) is 9.69 Å². The molecule has 10 heteroatoms. The second-order valence-corrected chi connectivity index (χ2v) is 9.19. The van der Waals surface area contributed by atoms with Gasteiger partial charge in [0.05, 0.1) is 36.3 Å². The van der Waals surface area contributed by atoms with Crippen molar-refractivity contribution in [2.75, 3.05) is 69.1 Å². The van der Waals surface area contributed by atoms with E-state index in [1.807, 2.05) is 41.1 Å². The number of carbonyl (C=O) groups is 1. The summed E-state index contributed by atoms with van der Waals surface area (Å²) in [6.07, 6.45) is 4.96. The fraction of sp³-hybridized carbons (Fsp3) is 0.276. The molecule has 5 rings (SSSR count). The van der Waals surface area contributed by atoms with Crippen molar-refractivity contribution < 1.29 is 14.3 Å². The van der Waals surface area contributed by atoms with Crippen molar-refractivity contribution in [2.24, 2.45) is 0 Å². The molecule has 0 unspecified atom stereocenters. The van der Waals surface area contributed by atoms with Crippen LogP contribution < -0.4 is 20.3 Å². The van der Waals surface area contributed by atoms with Gasteiger partial charge in [0, 0.05) is 58.3 Å². The highest BCUT2D eigenvalue weighted by Gasteiger charge is 2.22. The normalized spacial score (nSPS) is 13.8. The fourth-order valence-electron chi connectivity index (χ4n) is 4.76. The Morgan fingerprint density at radius 2 is 1.90 bits per heavy atom. The summed E-state index contributed by atoms with van der Waals surface area (Å²) >= 11 is 0. The number of hydrogen-bond donors (Lipinski definition) is 2. The second-order valence-electron chi connectivity index (χ2n) is 9.19. The monoisotopic (exact) mass is 527 g/mol. The van der Waals surface area contributed by atoms with E-state index in [1.165, 1.54) is 6.08 Å². The number of fused-ring (bicyclic) bond motifs is 1. The van der Waals surface area contributed by atoms with Crippen molar-refractivity contribution in [3.8, 4) is 11.6 Å². The van der Waals surface area contributed by atoms with E-state index in [0.717, 1.165) is 55.1 Å². The first-order valence-corrected chi connectivity index (χ1v) is 12.9. The second kappa shape index (κ2) is 12.0. The Labute approximate surface area is 227 Å².